The van der Waals surface area contributed by atoms with Crippen molar-refractivity contribution >= 4 is 5.97 Å². The van der Waals surface area contributed by atoms with Gasteiger partial charge in [0.25, 0.3) is 0 Å². The van der Waals surface area contributed by atoms with Crippen LogP contribution in [0, 0.1) is 0 Å². The third kappa shape index (κ3) is 27.4. The number of hydrogen-bond donors (Lipinski definition) is 0. The Kier molecular flexibility index (Phi) is 27.8. The van der Waals surface area contributed by atoms with Gasteiger partial charge in [-0.3, -0.25) is 4.79 Å². The molecule has 0 fully saturated rings. The lowest BCUT2D eigenvalue weighted by Gasteiger charge is -2.07. The fraction of sp³-hybridized carbons (Fsp3) is 0.963. The van der Waals surface area contributed by atoms with Gasteiger partial charge in [-0.25, -0.2) is 0 Å². The predicted molar refractivity (Wildman–Crippen MR) is 133 cm³/mol. The normalized spacial score (nSPS) is 11.2. The number of esters is 1. The molecule has 0 radical (unpaired) electrons. The molecule has 32 heavy (non-hydrogen) atoms. The van der Waals surface area contributed by atoms with E-state index < -0.39 is 0 Å². The summed E-state index contributed by atoms with van der Waals surface area (Å²) in [5.41, 5.74) is 0. The number of unbranched alkanes of at least 4 members (excludes halogenated alkanes) is 15. The first-order valence-electron chi connectivity index (χ1n) is 13.7. The zero-order chi connectivity index (χ0) is 23.4. The van der Waals surface area contributed by atoms with Crippen LogP contribution in [-0.2, 0) is 23.7 Å². The Morgan fingerprint density at radius 3 is 1.28 bits per heavy atom. The Balaban J connectivity index is 3.03. The minimum absolute atomic E-state index is 0.212. The second-order valence-electron chi connectivity index (χ2n) is 8.70. The summed E-state index contributed by atoms with van der Waals surface area (Å²) in [7, 11) is 0. The monoisotopic (exact) mass is 458 g/mol. The van der Waals surface area contributed by atoms with Gasteiger partial charge >= 0.3 is 5.97 Å². The van der Waals surface area contributed by atoms with Crippen molar-refractivity contribution in [2.75, 3.05) is 46.2 Å². The zero-order valence-electron chi connectivity index (χ0n) is 21.5. The van der Waals surface area contributed by atoms with Crippen LogP contribution in [-0.4, -0.2) is 52.2 Å². The summed E-state index contributed by atoms with van der Waals surface area (Å²) >= 11 is 0. The van der Waals surface area contributed by atoms with E-state index in [9.17, 15) is 4.79 Å². The quantitative estimate of drug-likeness (QED) is 0.0958. The molecule has 0 atom stereocenters. The molecule has 0 aliphatic carbocycles. The van der Waals surface area contributed by atoms with Gasteiger partial charge in [-0.1, -0.05) is 103 Å². The van der Waals surface area contributed by atoms with Crippen LogP contribution in [0.2, 0.25) is 0 Å². The van der Waals surface area contributed by atoms with Crippen LogP contribution in [0.4, 0.5) is 0 Å². The predicted octanol–water partition coefficient (Wildman–Crippen LogP) is 7.25. The highest BCUT2D eigenvalue weighted by atomic mass is 16.5. The minimum atomic E-state index is -0.212. The van der Waals surface area contributed by atoms with E-state index >= 15 is 0 Å². The lowest BCUT2D eigenvalue weighted by atomic mass is 10.0. The highest BCUT2D eigenvalue weighted by Gasteiger charge is 2.00. The van der Waals surface area contributed by atoms with Crippen molar-refractivity contribution < 1.29 is 23.7 Å². The van der Waals surface area contributed by atoms with Crippen LogP contribution in [0.15, 0.2) is 0 Å². The lowest BCUT2D eigenvalue weighted by Crippen LogP contribution is -2.12. The van der Waals surface area contributed by atoms with Gasteiger partial charge in [0.2, 0.25) is 0 Å². The van der Waals surface area contributed by atoms with Crippen molar-refractivity contribution in [3.8, 4) is 0 Å². The minimum Gasteiger partial charge on any atom is -0.466 e. The summed E-state index contributed by atoms with van der Waals surface area (Å²) < 4.78 is 21.2. The van der Waals surface area contributed by atoms with Gasteiger partial charge < -0.3 is 18.9 Å². The highest BCUT2D eigenvalue weighted by Crippen LogP contribution is 2.13. The van der Waals surface area contributed by atoms with Gasteiger partial charge in [-0.2, -0.15) is 0 Å². The molecular formula is C27H54O5. The smallest absolute Gasteiger partial charge is 0.308 e. The van der Waals surface area contributed by atoms with Crippen LogP contribution in [0.25, 0.3) is 0 Å². The molecule has 0 aromatic carbocycles. The maximum absolute atomic E-state index is 11.1. The first-order valence-corrected chi connectivity index (χ1v) is 13.7. The molecule has 0 saturated heterocycles. The van der Waals surface area contributed by atoms with Crippen molar-refractivity contribution in [3.05, 3.63) is 0 Å². The molecule has 192 valence electrons. The summed E-state index contributed by atoms with van der Waals surface area (Å²) in [6.45, 7) is 7.99. The van der Waals surface area contributed by atoms with Gasteiger partial charge in [-0.05, 0) is 13.3 Å². The Labute approximate surface area is 199 Å². The van der Waals surface area contributed by atoms with Crippen molar-refractivity contribution in [3.63, 3.8) is 0 Å². The number of ether oxygens (including phenoxy) is 4. The van der Waals surface area contributed by atoms with E-state index in [1.165, 1.54) is 96.3 Å². The van der Waals surface area contributed by atoms with E-state index in [1.807, 2.05) is 0 Å². The standard InChI is InChI=1S/C27H54O5/c1-3-5-6-7-8-9-10-11-12-13-14-15-16-17-18-19-21-29-23-25-31-26-24-30-22-20-27(28)32-4-2/h3-26H2,1-2H3. The molecule has 0 amide bonds. The molecular weight excluding hydrogens is 404 g/mol. The summed E-state index contributed by atoms with van der Waals surface area (Å²) in [4.78, 5) is 11.1. The fourth-order valence-electron chi connectivity index (χ4n) is 3.68. The third-order valence-electron chi connectivity index (χ3n) is 5.64. The fourth-order valence-corrected chi connectivity index (χ4v) is 3.68. The molecule has 0 aliphatic rings. The van der Waals surface area contributed by atoms with Crippen LogP contribution >= 0.6 is 0 Å². The van der Waals surface area contributed by atoms with Crippen LogP contribution in [0.1, 0.15) is 123 Å². The van der Waals surface area contributed by atoms with Crippen molar-refractivity contribution in [2.24, 2.45) is 0 Å². The Morgan fingerprint density at radius 1 is 0.469 bits per heavy atom. The van der Waals surface area contributed by atoms with E-state index in [4.69, 9.17) is 18.9 Å². The molecule has 0 aromatic rings. The largest absolute Gasteiger partial charge is 0.466 e. The molecule has 0 bridgehead atoms. The summed E-state index contributed by atoms with van der Waals surface area (Å²) in [5.74, 6) is -0.212. The van der Waals surface area contributed by atoms with Gasteiger partial charge in [0.05, 0.1) is 46.1 Å². The van der Waals surface area contributed by atoms with Gasteiger partial charge in [0, 0.05) is 6.61 Å². The molecule has 0 saturated carbocycles. The van der Waals surface area contributed by atoms with Crippen LogP contribution < -0.4 is 0 Å². The molecule has 5 nitrogen and oxygen atoms in total. The maximum atomic E-state index is 11.1. The topological polar surface area (TPSA) is 54.0 Å². The molecule has 0 N–H and O–H groups in total. The van der Waals surface area contributed by atoms with E-state index in [0.29, 0.717) is 46.1 Å². The van der Waals surface area contributed by atoms with Gasteiger partial charge in [0.15, 0.2) is 0 Å². The number of rotatable bonds is 27. The average molecular weight is 459 g/mol. The lowest BCUT2D eigenvalue weighted by molar-refractivity contribution is -0.144. The second kappa shape index (κ2) is 28.4. The maximum Gasteiger partial charge on any atom is 0.308 e. The Hall–Kier alpha value is -0.650. The molecule has 0 unspecified atom stereocenters. The summed E-state index contributed by atoms with van der Waals surface area (Å²) in [6, 6.07) is 0. The van der Waals surface area contributed by atoms with Gasteiger partial charge in [0.1, 0.15) is 0 Å². The number of hydrogen-bond acceptors (Lipinski definition) is 5. The first-order chi connectivity index (χ1) is 15.8. The van der Waals surface area contributed by atoms with Crippen molar-refractivity contribution in [1.29, 1.82) is 0 Å². The molecule has 0 aromatic heterocycles. The summed E-state index contributed by atoms with van der Waals surface area (Å²) in [6.07, 6.45) is 22.5. The number of carbonyl (C=O) groups is 1. The van der Waals surface area contributed by atoms with Crippen LogP contribution in [0.3, 0.4) is 0 Å². The van der Waals surface area contributed by atoms with Gasteiger partial charge in [-0.15, -0.1) is 0 Å². The van der Waals surface area contributed by atoms with E-state index in [0.717, 1.165) is 13.0 Å². The molecule has 0 heterocycles. The van der Waals surface area contributed by atoms with E-state index in [1.54, 1.807) is 6.92 Å². The van der Waals surface area contributed by atoms with E-state index in [2.05, 4.69) is 6.92 Å². The van der Waals surface area contributed by atoms with E-state index in [-0.39, 0.29) is 5.97 Å². The van der Waals surface area contributed by atoms with Crippen molar-refractivity contribution in [2.45, 2.75) is 123 Å². The number of carbonyl (C=O) groups excluding carboxylic acids is 1. The molecule has 0 rings (SSSR count). The zero-order valence-corrected chi connectivity index (χ0v) is 21.5. The molecule has 5 heteroatoms. The van der Waals surface area contributed by atoms with Crippen LogP contribution in [0.5, 0.6) is 0 Å². The molecule has 0 aliphatic heterocycles. The average Bonchev–Trinajstić information content (AvgIpc) is 2.79. The Bertz CT molecular complexity index is 362. The van der Waals surface area contributed by atoms with Crippen molar-refractivity contribution in [1.82, 2.24) is 0 Å². The summed E-state index contributed by atoms with van der Waals surface area (Å²) in [5, 5.41) is 0. The SMILES string of the molecule is CCCCCCCCCCCCCCCCCCOCCOCCOCCC(=O)OCC. The third-order valence-corrected chi connectivity index (χ3v) is 5.64. The Morgan fingerprint density at radius 2 is 0.844 bits per heavy atom. The molecule has 0 spiro atoms. The second-order valence-corrected chi connectivity index (χ2v) is 8.70. The first kappa shape index (κ1) is 31.4. The highest BCUT2D eigenvalue weighted by molar-refractivity contribution is 5.69.